The molecule has 0 aliphatic carbocycles. The van der Waals surface area contributed by atoms with Crippen LogP contribution in [0.1, 0.15) is 43.5 Å². The Balaban J connectivity index is 1.67. The predicted octanol–water partition coefficient (Wildman–Crippen LogP) is 3.68. The lowest BCUT2D eigenvalue weighted by atomic mass is 9.87. The molecule has 0 radical (unpaired) electrons. The number of aromatic nitrogens is 1. The number of halogens is 1. The standard InChI is InChI=1S/C29H34FN5O2/c1-29(2,3)23-9-11-25(12-10-23)35(28(37)22-18-33-34-19-22)26(21-7-5-14-31-17-21)27(36)32-15-13-20-6-4-8-24(30)16-20/h4-12,14,16-17,22,26,33-34H,13,15,18-19H2,1-3H3,(H,32,36). The number of hydrogen-bond acceptors (Lipinski definition) is 5. The summed E-state index contributed by atoms with van der Waals surface area (Å²) in [7, 11) is 0. The van der Waals surface area contributed by atoms with Crippen molar-refractivity contribution in [1.82, 2.24) is 21.2 Å². The Kier molecular flexibility index (Phi) is 8.31. The molecule has 1 saturated heterocycles. The third kappa shape index (κ3) is 6.58. The van der Waals surface area contributed by atoms with Crippen LogP contribution in [0, 0.1) is 11.7 Å². The summed E-state index contributed by atoms with van der Waals surface area (Å²) in [5.74, 6) is -1.13. The van der Waals surface area contributed by atoms with E-state index < -0.39 is 6.04 Å². The van der Waals surface area contributed by atoms with Gasteiger partial charge in [0.25, 0.3) is 0 Å². The van der Waals surface area contributed by atoms with Gasteiger partial charge in [0.15, 0.2) is 0 Å². The van der Waals surface area contributed by atoms with E-state index in [0.29, 0.717) is 37.3 Å². The van der Waals surface area contributed by atoms with E-state index in [2.05, 4.69) is 41.9 Å². The summed E-state index contributed by atoms with van der Waals surface area (Å²) >= 11 is 0. The van der Waals surface area contributed by atoms with E-state index in [1.54, 1.807) is 35.5 Å². The van der Waals surface area contributed by atoms with Crippen LogP contribution in [0.4, 0.5) is 10.1 Å². The number of benzene rings is 2. The highest BCUT2D eigenvalue weighted by atomic mass is 19.1. The SMILES string of the molecule is CC(C)(C)c1ccc(N(C(=O)C2CNNC2)C(C(=O)NCCc2cccc(F)c2)c2cccnc2)cc1. The fraction of sp³-hybridized carbons (Fsp3) is 0.345. The molecular weight excluding hydrogens is 469 g/mol. The first kappa shape index (κ1) is 26.4. The van der Waals surface area contributed by atoms with Crippen LogP contribution in [-0.2, 0) is 21.4 Å². The Morgan fingerprint density at radius 3 is 2.43 bits per heavy atom. The summed E-state index contributed by atoms with van der Waals surface area (Å²) in [6.07, 6.45) is 3.72. The largest absolute Gasteiger partial charge is 0.354 e. The molecule has 1 aliphatic rings. The van der Waals surface area contributed by atoms with Crippen LogP contribution in [0.2, 0.25) is 0 Å². The Morgan fingerprint density at radius 2 is 1.81 bits per heavy atom. The minimum atomic E-state index is -0.921. The second-order valence-electron chi connectivity index (χ2n) is 10.3. The van der Waals surface area contributed by atoms with E-state index >= 15 is 0 Å². The van der Waals surface area contributed by atoms with Crippen molar-refractivity contribution in [2.45, 2.75) is 38.6 Å². The number of nitrogens with one attached hydrogen (secondary N) is 3. The van der Waals surface area contributed by atoms with Crippen LogP contribution >= 0.6 is 0 Å². The number of carbonyl (C=O) groups excluding carboxylic acids is 2. The van der Waals surface area contributed by atoms with Gasteiger partial charge in [0.1, 0.15) is 11.9 Å². The average molecular weight is 504 g/mol. The third-order valence-electron chi connectivity index (χ3n) is 6.53. The van der Waals surface area contributed by atoms with Crippen molar-refractivity contribution >= 4 is 17.5 Å². The molecule has 2 heterocycles. The quantitative estimate of drug-likeness (QED) is 0.437. The Morgan fingerprint density at radius 1 is 1.08 bits per heavy atom. The molecule has 4 rings (SSSR count). The zero-order valence-corrected chi connectivity index (χ0v) is 21.5. The van der Waals surface area contributed by atoms with Crippen molar-refractivity contribution in [1.29, 1.82) is 0 Å². The molecule has 1 unspecified atom stereocenters. The van der Waals surface area contributed by atoms with Crippen LogP contribution < -0.4 is 21.1 Å². The number of anilines is 1. The van der Waals surface area contributed by atoms with Crippen molar-refractivity contribution in [3.63, 3.8) is 0 Å². The molecule has 1 atom stereocenters. The monoisotopic (exact) mass is 503 g/mol. The van der Waals surface area contributed by atoms with Gasteiger partial charge in [-0.15, -0.1) is 0 Å². The minimum Gasteiger partial charge on any atom is -0.354 e. The van der Waals surface area contributed by atoms with E-state index in [-0.39, 0.29) is 29.0 Å². The molecule has 1 aromatic heterocycles. The normalized spacial score (nSPS) is 14.8. The third-order valence-corrected chi connectivity index (χ3v) is 6.53. The van der Waals surface area contributed by atoms with Gasteiger partial charge in [-0.3, -0.25) is 30.3 Å². The summed E-state index contributed by atoms with van der Waals surface area (Å²) in [5.41, 5.74) is 9.13. The minimum absolute atomic E-state index is 0.0519. The zero-order chi connectivity index (χ0) is 26.4. The van der Waals surface area contributed by atoms with E-state index in [1.807, 2.05) is 30.3 Å². The molecule has 0 saturated carbocycles. The fourth-order valence-corrected chi connectivity index (χ4v) is 4.43. The Labute approximate surface area is 217 Å². The fourth-order valence-electron chi connectivity index (χ4n) is 4.43. The summed E-state index contributed by atoms with van der Waals surface area (Å²) in [5, 5.41) is 2.97. The molecular formula is C29H34FN5O2. The Bertz CT molecular complexity index is 1200. The molecule has 0 spiro atoms. The average Bonchev–Trinajstić information content (AvgIpc) is 3.42. The molecule has 3 N–H and O–H groups in total. The molecule has 2 aromatic carbocycles. The first-order chi connectivity index (χ1) is 17.7. The smallest absolute Gasteiger partial charge is 0.247 e. The lowest BCUT2D eigenvalue weighted by molar-refractivity contribution is -0.128. The van der Waals surface area contributed by atoms with E-state index in [1.165, 1.54) is 12.1 Å². The van der Waals surface area contributed by atoms with Gasteiger partial charge in [0.2, 0.25) is 11.8 Å². The highest BCUT2D eigenvalue weighted by Crippen LogP contribution is 2.32. The lowest BCUT2D eigenvalue weighted by Crippen LogP contribution is -2.47. The van der Waals surface area contributed by atoms with Crippen LogP contribution in [-0.4, -0.2) is 36.4 Å². The topological polar surface area (TPSA) is 86.4 Å². The Hall–Kier alpha value is -3.62. The van der Waals surface area contributed by atoms with Gasteiger partial charge in [-0.05, 0) is 53.3 Å². The van der Waals surface area contributed by atoms with Gasteiger partial charge in [0, 0.05) is 43.3 Å². The van der Waals surface area contributed by atoms with Crippen molar-refractivity contribution in [2.75, 3.05) is 24.5 Å². The zero-order valence-electron chi connectivity index (χ0n) is 21.5. The van der Waals surface area contributed by atoms with Crippen molar-refractivity contribution in [2.24, 2.45) is 5.92 Å². The first-order valence-corrected chi connectivity index (χ1v) is 12.6. The maximum Gasteiger partial charge on any atom is 0.247 e. The van der Waals surface area contributed by atoms with Gasteiger partial charge in [-0.1, -0.05) is 51.1 Å². The highest BCUT2D eigenvalue weighted by Gasteiger charge is 2.37. The molecule has 0 bridgehead atoms. The second-order valence-corrected chi connectivity index (χ2v) is 10.3. The summed E-state index contributed by atoms with van der Waals surface area (Å²) in [6.45, 7) is 7.63. The number of nitrogens with zero attached hydrogens (tertiary/aromatic N) is 2. The van der Waals surface area contributed by atoms with Gasteiger partial charge in [0.05, 0.1) is 5.92 Å². The van der Waals surface area contributed by atoms with E-state index in [0.717, 1.165) is 11.1 Å². The number of hydrogen-bond donors (Lipinski definition) is 3. The molecule has 1 aliphatic heterocycles. The van der Waals surface area contributed by atoms with Crippen molar-refractivity contribution < 1.29 is 14.0 Å². The first-order valence-electron chi connectivity index (χ1n) is 12.6. The summed E-state index contributed by atoms with van der Waals surface area (Å²) < 4.78 is 13.6. The van der Waals surface area contributed by atoms with Crippen LogP contribution in [0.15, 0.2) is 73.1 Å². The number of pyridine rings is 1. The molecule has 37 heavy (non-hydrogen) atoms. The molecule has 3 aromatic rings. The van der Waals surface area contributed by atoms with Gasteiger partial charge in [-0.2, -0.15) is 0 Å². The van der Waals surface area contributed by atoms with Crippen LogP contribution in [0.5, 0.6) is 0 Å². The maximum absolute atomic E-state index is 13.9. The maximum atomic E-state index is 13.9. The summed E-state index contributed by atoms with van der Waals surface area (Å²) in [4.78, 5) is 33.4. The molecule has 8 heteroatoms. The van der Waals surface area contributed by atoms with Gasteiger partial charge >= 0.3 is 0 Å². The van der Waals surface area contributed by atoms with Gasteiger partial charge < -0.3 is 5.32 Å². The molecule has 1 fully saturated rings. The van der Waals surface area contributed by atoms with Crippen molar-refractivity contribution in [3.8, 4) is 0 Å². The highest BCUT2D eigenvalue weighted by molar-refractivity contribution is 6.02. The second kappa shape index (κ2) is 11.6. The molecule has 194 valence electrons. The van der Waals surface area contributed by atoms with Gasteiger partial charge in [-0.25, -0.2) is 4.39 Å². The number of carbonyl (C=O) groups is 2. The predicted molar refractivity (Wildman–Crippen MR) is 142 cm³/mol. The number of rotatable bonds is 8. The van der Waals surface area contributed by atoms with E-state index in [9.17, 15) is 14.0 Å². The van der Waals surface area contributed by atoms with Crippen molar-refractivity contribution in [3.05, 3.63) is 95.6 Å². The lowest BCUT2D eigenvalue weighted by Gasteiger charge is -2.33. The number of amides is 2. The molecule has 7 nitrogen and oxygen atoms in total. The van der Waals surface area contributed by atoms with Crippen LogP contribution in [0.25, 0.3) is 0 Å². The van der Waals surface area contributed by atoms with E-state index in [4.69, 9.17) is 0 Å². The number of hydrazine groups is 1. The molecule has 2 amide bonds. The summed E-state index contributed by atoms with van der Waals surface area (Å²) in [6, 6.07) is 16.8. The van der Waals surface area contributed by atoms with Crippen LogP contribution in [0.3, 0.4) is 0 Å².